The number of aromatic nitrogens is 3. The number of carbonyl (C=O) groups is 1. The first kappa shape index (κ1) is 22.5. The highest BCUT2D eigenvalue weighted by Crippen LogP contribution is 2.33. The van der Waals surface area contributed by atoms with Crippen molar-refractivity contribution in [1.29, 1.82) is 0 Å². The number of anilines is 1. The lowest BCUT2D eigenvalue weighted by atomic mass is 10.0. The highest BCUT2D eigenvalue weighted by Gasteiger charge is 2.21. The van der Waals surface area contributed by atoms with Crippen molar-refractivity contribution in [2.45, 2.75) is 31.2 Å². The van der Waals surface area contributed by atoms with E-state index in [1.807, 2.05) is 11.4 Å². The highest BCUT2D eigenvalue weighted by molar-refractivity contribution is 8.00. The van der Waals surface area contributed by atoms with Crippen LogP contribution in [0.3, 0.4) is 0 Å². The number of pyridine rings is 1. The molecule has 1 unspecified atom stereocenters. The number of amides is 1. The second-order valence-electron chi connectivity index (χ2n) is 7.48. The summed E-state index contributed by atoms with van der Waals surface area (Å²) in [6.07, 6.45) is 1.55. The molecule has 0 radical (unpaired) electrons. The fourth-order valence-corrected chi connectivity index (χ4v) is 5.23. The molecule has 3 aromatic heterocycles. The van der Waals surface area contributed by atoms with E-state index in [0.29, 0.717) is 21.1 Å². The van der Waals surface area contributed by atoms with Crippen LogP contribution < -0.4 is 10.9 Å². The summed E-state index contributed by atoms with van der Waals surface area (Å²) in [7, 11) is 1.68. The van der Waals surface area contributed by atoms with Gasteiger partial charge in [-0.1, -0.05) is 41.6 Å². The number of hydrogen-bond acceptors (Lipinski definition) is 6. The number of nitrogens with zero attached hydrogens (tertiary/aromatic N) is 3. The Bertz CT molecular complexity index is 1400. The number of aryl methyl sites for hydroxylation is 2. The van der Waals surface area contributed by atoms with Gasteiger partial charge in [0.25, 0.3) is 5.56 Å². The molecular weight excluding hydrogens is 464 g/mol. The fourth-order valence-electron chi connectivity index (χ4n) is 3.21. The monoisotopic (exact) mass is 484 g/mol. The number of carbonyl (C=O) groups excluding carboxylic acids is 1. The molecule has 0 saturated carbocycles. The zero-order valence-electron chi connectivity index (χ0n) is 18.0. The predicted octanol–water partition coefficient (Wildman–Crippen LogP) is 5.45. The molecule has 4 rings (SSSR count). The Morgan fingerprint density at radius 1 is 1.25 bits per heavy atom. The third-order valence-electron chi connectivity index (χ3n) is 5.26. The summed E-state index contributed by atoms with van der Waals surface area (Å²) < 4.78 is 1.51. The molecule has 32 heavy (non-hydrogen) atoms. The molecule has 164 valence electrons. The van der Waals surface area contributed by atoms with Crippen LogP contribution in [-0.4, -0.2) is 25.7 Å². The second-order valence-corrected chi connectivity index (χ2v) is 10.0. The molecule has 0 bridgehead atoms. The highest BCUT2D eigenvalue weighted by atomic mass is 35.5. The lowest BCUT2D eigenvalue weighted by Crippen LogP contribution is -2.25. The van der Waals surface area contributed by atoms with Gasteiger partial charge in [-0.05, 0) is 49.6 Å². The van der Waals surface area contributed by atoms with Crippen molar-refractivity contribution in [2.24, 2.45) is 7.05 Å². The van der Waals surface area contributed by atoms with Gasteiger partial charge in [-0.15, -0.1) is 11.3 Å². The van der Waals surface area contributed by atoms with E-state index in [-0.39, 0.29) is 16.6 Å². The molecule has 0 spiro atoms. The molecule has 0 aliphatic carbocycles. The Balaban J connectivity index is 1.64. The molecule has 6 nitrogen and oxygen atoms in total. The maximum Gasteiger partial charge on any atom is 0.263 e. The van der Waals surface area contributed by atoms with Crippen molar-refractivity contribution < 1.29 is 4.79 Å². The fraction of sp³-hybridized carbons (Fsp3) is 0.217. The molecular formula is C23H21ClN4O2S2. The maximum atomic E-state index is 13.2. The van der Waals surface area contributed by atoms with E-state index in [2.05, 4.69) is 36.3 Å². The molecule has 9 heteroatoms. The molecule has 1 aromatic carbocycles. The van der Waals surface area contributed by atoms with E-state index in [9.17, 15) is 9.59 Å². The Morgan fingerprint density at radius 3 is 2.75 bits per heavy atom. The lowest BCUT2D eigenvalue weighted by molar-refractivity contribution is -0.115. The molecule has 3 heterocycles. The maximum absolute atomic E-state index is 13.2. The van der Waals surface area contributed by atoms with Crippen LogP contribution in [0, 0.1) is 13.8 Å². The molecule has 1 amide bonds. The Labute approximate surface area is 198 Å². The van der Waals surface area contributed by atoms with Crippen molar-refractivity contribution >= 4 is 56.5 Å². The molecule has 0 fully saturated rings. The Morgan fingerprint density at radius 2 is 2.03 bits per heavy atom. The largest absolute Gasteiger partial charge is 0.322 e. The minimum absolute atomic E-state index is 0.130. The first-order valence-corrected chi connectivity index (χ1v) is 12.0. The van der Waals surface area contributed by atoms with Crippen LogP contribution in [0.2, 0.25) is 5.15 Å². The van der Waals surface area contributed by atoms with Gasteiger partial charge >= 0.3 is 0 Å². The van der Waals surface area contributed by atoms with E-state index in [1.54, 1.807) is 32.3 Å². The van der Waals surface area contributed by atoms with E-state index >= 15 is 0 Å². The average Bonchev–Trinajstić information content (AvgIpc) is 3.19. The second kappa shape index (κ2) is 9.05. The number of fused-ring (bicyclic) bond motifs is 1. The molecule has 1 N–H and O–H groups in total. The van der Waals surface area contributed by atoms with Crippen LogP contribution in [0.1, 0.15) is 18.1 Å². The van der Waals surface area contributed by atoms with Crippen molar-refractivity contribution in [2.75, 3.05) is 5.32 Å². The van der Waals surface area contributed by atoms with Gasteiger partial charge in [-0.2, -0.15) is 0 Å². The summed E-state index contributed by atoms with van der Waals surface area (Å²) in [5.74, 6) is -0.249. The number of hydrogen-bond donors (Lipinski definition) is 1. The number of nitrogens with one attached hydrogen (secondary N) is 1. The average molecular weight is 485 g/mol. The number of halogens is 1. The van der Waals surface area contributed by atoms with E-state index in [1.165, 1.54) is 38.8 Å². The summed E-state index contributed by atoms with van der Waals surface area (Å²) in [5.41, 5.74) is 4.58. The summed E-state index contributed by atoms with van der Waals surface area (Å²) in [5, 5.41) is 5.55. The van der Waals surface area contributed by atoms with Gasteiger partial charge in [-0.3, -0.25) is 14.2 Å². The lowest BCUT2D eigenvalue weighted by Gasteiger charge is -2.14. The third-order valence-corrected chi connectivity index (χ3v) is 7.58. The van der Waals surface area contributed by atoms with E-state index in [4.69, 9.17) is 16.6 Å². The zero-order chi connectivity index (χ0) is 23.0. The van der Waals surface area contributed by atoms with Gasteiger partial charge in [0.1, 0.15) is 4.83 Å². The summed E-state index contributed by atoms with van der Waals surface area (Å²) in [6, 6.07) is 9.56. The van der Waals surface area contributed by atoms with Crippen LogP contribution in [0.5, 0.6) is 0 Å². The quantitative estimate of drug-likeness (QED) is 0.231. The minimum atomic E-state index is -0.499. The SMILES string of the molecule is Cc1ccc(-c2csc3nc(SC(C)C(=O)Nc4cccnc4Cl)n(C)c(=O)c23)cc1C. The van der Waals surface area contributed by atoms with Gasteiger partial charge < -0.3 is 5.32 Å². The standard InChI is InChI=1S/C23H21ClN4O2S2/c1-12-7-8-15(10-13(12)2)16-11-31-21-18(16)22(30)28(4)23(27-21)32-14(3)20(29)26-17-6-5-9-25-19(17)24/h5-11,14H,1-4H3,(H,26,29). The summed E-state index contributed by atoms with van der Waals surface area (Å²) in [6.45, 7) is 5.88. The first-order valence-electron chi connectivity index (χ1n) is 9.90. The van der Waals surface area contributed by atoms with Crippen molar-refractivity contribution in [3.63, 3.8) is 0 Å². The first-order chi connectivity index (χ1) is 15.3. The van der Waals surface area contributed by atoms with Gasteiger partial charge in [-0.25, -0.2) is 9.97 Å². The van der Waals surface area contributed by atoms with Crippen LogP contribution in [0.15, 0.2) is 51.9 Å². The van der Waals surface area contributed by atoms with Gasteiger partial charge in [0.15, 0.2) is 10.3 Å². The number of thiophene rings is 1. The van der Waals surface area contributed by atoms with Crippen LogP contribution in [0.25, 0.3) is 21.3 Å². The van der Waals surface area contributed by atoms with Gasteiger partial charge in [0, 0.05) is 24.2 Å². The molecule has 4 aromatic rings. The Hall–Kier alpha value is -2.68. The van der Waals surface area contributed by atoms with Crippen molar-refractivity contribution in [3.05, 3.63) is 68.5 Å². The smallest absolute Gasteiger partial charge is 0.263 e. The predicted molar refractivity (Wildman–Crippen MR) is 133 cm³/mol. The van der Waals surface area contributed by atoms with Crippen molar-refractivity contribution in [3.8, 4) is 11.1 Å². The number of rotatable bonds is 5. The summed E-state index contributed by atoms with van der Waals surface area (Å²) in [4.78, 5) is 35.2. The molecule has 0 saturated heterocycles. The normalized spacial score (nSPS) is 12.2. The number of thioether (sulfide) groups is 1. The Kier molecular flexibility index (Phi) is 6.37. The van der Waals surface area contributed by atoms with Crippen LogP contribution >= 0.6 is 34.7 Å². The molecule has 1 atom stereocenters. The van der Waals surface area contributed by atoms with E-state index in [0.717, 1.165) is 11.1 Å². The van der Waals surface area contributed by atoms with Crippen molar-refractivity contribution in [1.82, 2.24) is 14.5 Å². The third kappa shape index (κ3) is 4.30. The summed E-state index contributed by atoms with van der Waals surface area (Å²) >= 11 is 8.68. The van der Waals surface area contributed by atoms with E-state index < -0.39 is 5.25 Å². The topological polar surface area (TPSA) is 76.9 Å². The molecule has 0 aliphatic rings. The zero-order valence-corrected chi connectivity index (χ0v) is 20.4. The molecule has 0 aliphatic heterocycles. The van der Waals surface area contributed by atoms with Gasteiger partial charge in [0.2, 0.25) is 5.91 Å². The van der Waals surface area contributed by atoms with Crippen LogP contribution in [-0.2, 0) is 11.8 Å². The van der Waals surface area contributed by atoms with Gasteiger partial charge in [0.05, 0.1) is 16.3 Å². The number of benzene rings is 1. The minimum Gasteiger partial charge on any atom is -0.322 e. The van der Waals surface area contributed by atoms with Crippen LogP contribution in [0.4, 0.5) is 5.69 Å².